The second-order valence-electron chi connectivity index (χ2n) is 4.33. The van der Waals surface area contributed by atoms with E-state index in [1.54, 1.807) is 6.92 Å². The van der Waals surface area contributed by atoms with E-state index in [1.807, 2.05) is 0 Å². The van der Waals surface area contributed by atoms with Crippen LogP contribution in [0.3, 0.4) is 0 Å². The summed E-state index contributed by atoms with van der Waals surface area (Å²) >= 11 is 11.6. The topological polar surface area (TPSA) is 42.0 Å². The van der Waals surface area contributed by atoms with Crippen LogP contribution in [0.25, 0.3) is 0 Å². The predicted octanol–water partition coefficient (Wildman–Crippen LogP) is 4.16. The quantitative estimate of drug-likeness (QED) is 0.858. The fourth-order valence-corrected chi connectivity index (χ4v) is 2.05. The summed E-state index contributed by atoms with van der Waals surface area (Å²) in [5, 5.41) is 2.87. The average Bonchev–Trinajstić information content (AvgIpc) is 2.44. The van der Waals surface area contributed by atoms with Crippen molar-refractivity contribution >= 4 is 29.1 Å². The molecule has 0 saturated carbocycles. The lowest BCUT2D eigenvalue weighted by Gasteiger charge is -2.14. The molecule has 7 heteroatoms. The molecule has 0 aliphatic rings. The molecule has 0 bridgehead atoms. The molecule has 1 aromatic heterocycles. The van der Waals surface area contributed by atoms with Gasteiger partial charge >= 0.3 is 0 Å². The molecule has 1 unspecified atom stereocenters. The highest BCUT2D eigenvalue weighted by atomic mass is 35.5. The van der Waals surface area contributed by atoms with Crippen LogP contribution in [-0.2, 0) is 0 Å². The molecule has 3 nitrogen and oxygen atoms in total. The Morgan fingerprint density at radius 1 is 1.19 bits per heavy atom. The lowest BCUT2D eigenvalue weighted by molar-refractivity contribution is 0.0935. The van der Waals surface area contributed by atoms with Crippen LogP contribution in [0.5, 0.6) is 0 Å². The number of halogens is 4. The number of hydrogen-bond donors (Lipinski definition) is 1. The van der Waals surface area contributed by atoms with Crippen molar-refractivity contribution in [2.75, 3.05) is 0 Å². The monoisotopic (exact) mass is 330 g/mol. The van der Waals surface area contributed by atoms with Crippen LogP contribution in [0.1, 0.15) is 29.0 Å². The molecule has 110 valence electrons. The normalized spacial score (nSPS) is 12.0. The number of carbonyl (C=O) groups is 1. The molecule has 0 aliphatic heterocycles. The number of aromatic nitrogens is 1. The molecule has 1 heterocycles. The molecule has 21 heavy (non-hydrogen) atoms. The summed E-state index contributed by atoms with van der Waals surface area (Å²) < 4.78 is 26.1. The Morgan fingerprint density at radius 3 is 2.57 bits per heavy atom. The van der Waals surface area contributed by atoms with Gasteiger partial charge in [0.25, 0.3) is 5.91 Å². The van der Waals surface area contributed by atoms with Gasteiger partial charge in [0, 0.05) is 0 Å². The van der Waals surface area contributed by atoms with Gasteiger partial charge in [-0.2, -0.15) is 0 Å². The molecule has 0 radical (unpaired) electrons. The first-order valence-corrected chi connectivity index (χ1v) is 6.72. The van der Waals surface area contributed by atoms with E-state index in [2.05, 4.69) is 10.3 Å². The van der Waals surface area contributed by atoms with Crippen molar-refractivity contribution in [1.82, 2.24) is 10.3 Å². The van der Waals surface area contributed by atoms with Gasteiger partial charge < -0.3 is 5.32 Å². The molecular formula is C14H10Cl2F2N2O. The van der Waals surface area contributed by atoms with Crippen LogP contribution >= 0.6 is 23.2 Å². The van der Waals surface area contributed by atoms with Crippen LogP contribution in [0.4, 0.5) is 8.78 Å². The minimum absolute atomic E-state index is 0.0291. The van der Waals surface area contributed by atoms with Gasteiger partial charge in [-0.15, -0.1) is 0 Å². The van der Waals surface area contributed by atoms with E-state index in [-0.39, 0.29) is 15.9 Å². The first-order chi connectivity index (χ1) is 9.88. The maximum Gasteiger partial charge on any atom is 0.271 e. The number of amides is 1. The zero-order chi connectivity index (χ0) is 15.6. The Bertz CT molecular complexity index is 695. The molecule has 1 N–H and O–H groups in total. The van der Waals surface area contributed by atoms with Crippen molar-refractivity contribution in [3.63, 3.8) is 0 Å². The van der Waals surface area contributed by atoms with Crippen LogP contribution in [0.2, 0.25) is 10.2 Å². The first kappa shape index (κ1) is 15.7. The molecule has 2 aromatic rings. The lowest BCUT2D eigenvalue weighted by Crippen LogP contribution is -2.27. The number of nitrogens with zero attached hydrogens (tertiary/aromatic N) is 1. The number of pyridine rings is 1. The maximum absolute atomic E-state index is 13.2. The fourth-order valence-electron chi connectivity index (χ4n) is 1.71. The second kappa shape index (κ2) is 6.37. The van der Waals surface area contributed by atoms with Crippen molar-refractivity contribution in [2.24, 2.45) is 0 Å². The zero-order valence-corrected chi connectivity index (χ0v) is 12.3. The van der Waals surface area contributed by atoms with Crippen LogP contribution in [-0.4, -0.2) is 10.9 Å². The van der Waals surface area contributed by atoms with Gasteiger partial charge in [0.2, 0.25) is 0 Å². The Labute approximate surface area is 129 Å². The molecule has 1 atom stereocenters. The fraction of sp³-hybridized carbons (Fsp3) is 0.143. The average molecular weight is 331 g/mol. The van der Waals surface area contributed by atoms with E-state index >= 15 is 0 Å². The van der Waals surface area contributed by atoms with Crippen LogP contribution in [0.15, 0.2) is 30.3 Å². The number of benzene rings is 1. The van der Waals surface area contributed by atoms with Gasteiger partial charge in [0.15, 0.2) is 11.6 Å². The van der Waals surface area contributed by atoms with E-state index in [0.29, 0.717) is 5.56 Å². The first-order valence-electron chi connectivity index (χ1n) is 5.96. The van der Waals surface area contributed by atoms with Crippen molar-refractivity contribution in [3.8, 4) is 0 Å². The Kier molecular flexibility index (Phi) is 4.75. The van der Waals surface area contributed by atoms with Gasteiger partial charge in [-0.3, -0.25) is 4.79 Å². The predicted molar refractivity (Wildman–Crippen MR) is 76.5 cm³/mol. The number of nitrogens with one attached hydrogen (secondary N) is 1. The largest absolute Gasteiger partial charge is 0.344 e. The molecular weight excluding hydrogens is 321 g/mol. The summed E-state index contributed by atoms with van der Waals surface area (Å²) in [5.74, 6) is -2.48. The summed E-state index contributed by atoms with van der Waals surface area (Å²) in [7, 11) is 0. The minimum Gasteiger partial charge on any atom is -0.344 e. The van der Waals surface area contributed by atoms with E-state index in [9.17, 15) is 13.6 Å². The Morgan fingerprint density at radius 2 is 1.90 bits per heavy atom. The SMILES string of the molecule is CC(NC(=O)c1nc(Cl)ccc1Cl)c1ccc(F)c(F)c1. The summed E-state index contributed by atoms with van der Waals surface area (Å²) in [4.78, 5) is 15.9. The molecule has 1 amide bonds. The van der Waals surface area contributed by atoms with E-state index in [0.717, 1.165) is 12.1 Å². The molecule has 1 aromatic carbocycles. The second-order valence-corrected chi connectivity index (χ2v) is 5.13. The van der Waals surface area contributed by atoms with Gasteiger partial charge in [-0.05, 0) is 36.8 Å². The summed E-state index contributed by atoms with van der Waals surface area (Å²) in [6, 6.07) is 5.76. The minimum atomic E-state index is -0.979. The highest BCUT2D eigenvalue weighted by Gasteiger charge is 2.17. The standard InChI is InChI=1S/C14H10Cl2F2N2O/c1-7(8-2-4-10(17)11(18)6-8)19-14(21)13-9(15)3-5-12(16)20-13/h2-7H,1H3,(H,19,21). The molecule has 2 rings (SSSR count). The Hall–Kier alpha value is -1.72. The van der Waals surface area contributed by atoms with E-state index < -0.39 is 23.6 Å². The van der Waals surface area contributed by atoms with Crippen LogP contribution in [0, 0.1) is 11.6 Å². The third-order valence-corrected chi connectivity index (χ3v) is 3.33. The van der Waals surface area contributed by atoms with Crippen LogP contribution < -0.4 is 5.32 Å². The molecule has 0 saturated heterocycles. The third-order valence-electron chi connectivity index (χ3n) is 2.82. The van der Waals surface area contributed by atoms with E-state index in [4.69, 9.17) is 23.2 Å². The molecule has 0 aliphatic carbocycles. The lowest BCUT2D eigenvalue weighted by atomic mass is 10.1. The summed E-state index contributed by atoms with van der Waals surface area (Å²) in [6.45, 7) is 1.63. The summed E-state index contributed by atoms with van der Waals surface area (Å²) in [5.41, 5.74) is 0.388. The highest BCUT2D eigenvalue weighted by molar-refractivity contribution is 6.34. The van der Waals surface area contributed by atoms with Gasteiger partial charge in [-0.25, -0.2) is 13.8 Å². The number of rotatable bonds is 3. The highest BCUT2D eigenvalue weighted by Crippen LogP contribution is 2.19. The number of hydrogen-bond acceptors (Lipinski definition) is 2. The van der Waals surface area contributed by atoms with Gasteiger partial charge in [-0.1, -0.05) is 29.3 Å². The third kappa shape index (κ3) is 3.68. The van der Waals surface area contributed by atoms with Gasteiger partial charge in [0.05, 0.1) is 11.1 Å². The van der Waals surface area contributed by atoms with Crippen molar-refractivity contribution in [2.45, 2.75) is 13.0 Å². The summed E-state index contributed by atoms with van der Waals surface area (Å²) in [6.07, 6.45) is 0. The maximum atomic E-state index is 13.2. The zero-order valence-electron chi connectivity index (χ0n) is 10.8. The van der Waals surface area contributed by atoms with E-state index in [1.165, 1.54) is 18.2 Å². The van der Waals surface area contributed by atoms with Crippen molar-refractivity contribution in [3.05, 3.63) is 63.4 Å². The smallest absolute Gasteiger partial charge is 0.271 e. The van der Waals surface area contributed by atoms with Crippen molar-refractivity contribution in [1.29, 1.82) is 0 Å². The molecule has 0 spiro atoms. The Balaban J connectivity index is 2.18. The molecule has 0 fully saturated rings. The number of carbonyl (C=O) groups excluding carboxylic acids is 1. The van der Waals surface area contributed by atoms with Gasteiger partial charge in [0.1, 0.15) is 10.8 Å². The van der Waals surface area contributed by atoms with Crippen molar-refractivity contribution < 1.29 is 13.6 Å².